The molecule has 0 aliphatic rings. The monoisotopic (exact) mass is 345 g/mol. The lowest BCUT2D eigenvalue weighted by Crippen LogP contribution is -2.41. The average Bonchev–Trinajstić information content (AvgIpc) is 2.54. The number of aryl methyl sites for hydroxylation is 1. The molecule has 0 unspecified atom stereocenters. The molecule has 0 bridgehead atoms. The van der Waals surface area contributed by atoms with Crippen molar-refractivity contribution in [3.63, 3.8) is 0 Å². The van der Waals surface area contributed by atoms with E-state index in [0.29, 0.717) is 6.42 Å². The molecule has 0 N–H and O–H groups in total. The Morgan fingerprint density at radius 3 is 2.28 bits per heavy atom. The fraction of sp³-hybridized carbons (Fsp3) is 0.381. The van der Waals surface area contributed by atoms with Crippen LogP contribution in [0.2, 0.25) is 0 Å². The summed E-state index contributed by atoms with van der Waals surface area (Å²) < 4.78 is 27.7. The maximum Gasteiger partial charge on any atom is 0.233 e. The molecule has 2 aromatic carbocycles. The van der Waals surface area contributed by atoms with E-state index in [0.717, 1.165) is 23.6 Å². The third-order valence-electron chi connectivity index (χ3n) is 4.36. The minimum Gasteiger partial charge on any atom is -0.305 e. The highest BCUT2D eigenvalue weighted by molar-refractivity contribution is 5.97. The van der Waals surface area contributed by atoms with Crippen LogP contribution in [0.5, 0.6) is 0 Å². The van der Waals surface area contributed by atoms with E-state index in [1.807, 2.05) is 52.0 Å². The molecule has 25 heavy (non-hydrogen) atoms. The normalized spacial score (nSPS) is 11.4. The molecule has 0 spiro atoms. The number of carbonyl (C=O) groups excluding carboxylic acids is 1. The van der Waals surface area contributed by atoms with E-state index < -0.39 is 17.0 Å². The van der Waals surface area contributed by atoms with Gasteiger partial charge < -0.3 is 4.90 Å². The van der Waals surface area contributed by atoms with Gasteiger partial charge in [0.2, 0.25) is 5.91 Å². The van der Waals surface area contributed by atoms with Crippen LogP contribution >= 0.6 is 0 Å². The molecule has 0 aliphatic heterocycles. The zero-order chi connectivity index (χ0) is 18.6. The first kappa shape index (κ1) is 19.1. The van der Waals surface area contributed by atoms with Crippen molar-refractivity contribution in [3.05, 3.63) is 65.2 Å². The lowest BCUT2D eigenvalue weighted by Gasteiger charge is -2.32. The molecule has 0 radical (unpaired) electrons. The predicted octanol–water partition coefficient (Wildman–Crippen LogP) is 5.63. The number of halogens is 2. The van der Waals surface area contributed by atoms with Gasteiger partial charge >= 0.3 is 0 Å². The van der Waals surface area contributed by atoms with Crippen molar-refractivity contribution in [1.29, 1.82) is 0 Å². The average molecular weight is 345 g/mol. The Morgan fingerprint density at radius 2 is 1.72 bits per heavy atom. The van der Waals surface area contributed by atoms with E-state index in [1.54, 1.807) is 0 Å². The number of hydrogen-bond donors (Lipinski definition) is 0. The summed E-state index contributed by atoms with van der Waals surface area (Å²) in [4.78, 5) is 14.6. The summed E-state index contributed by atoms with van der Waals surface area (Å²) in [5, 5.41) is 0. The van der Waals surface area contributed by atoms with Gasteiger partial charge in [-0.15, -0.1) is 0 Å². The lowest BCUT2D eigenvalue weighted by molar-refractivity contribution is -0.127. The molecule has 0 saturated carbocycles. The maximum atomic E-state index is 14.4. The minimum absolute atomic E-state index is 0.108. The van der Waals surface area contributed by atoms with Gasteiger partial charge in [0.05, 0.1) is 12.2 Å². The molecule has 0 heterocycles. The molecule has 0 aromatic heterocycles. The van der Waals surface area contributed by atoms with E-state index in [-0.39, 0.29) is 18.1 Å². The van der Waals surface area contributed by atoms with Gasteiger partial charge in [-0.05, 0) is 31.0 Å². The van der Waals surface area contributed by atoms with Crippen molar-refractivity contribution in [2.24, 2.45) is 5.41 Å². The Balaban J connectivity index is 2.43. The third kappa shape index (κ3) is 4.65. The van der Waals surface area contributed by atoms with Crippen molar-refractivity contribution in [2.75, 3.05) is 4.90 Å². The Morgan fingerprint density at radius 1 is 1.08 bits per heavy atom. The summed E-state index contributed by atoms with van der Waals surface area (Å²) >= 11 is 0. The summed E-state index contributed by atoms with van der Waals surface area (Å²) in [6.07, 6.45) is 1.54. The van der Waals surface area contributed by atoms with Gasteiger partial charge in [-0.1, -0.05) is 57.0 Å². The van der Waals surface area contributed by atoms with Crippen LogP contribution in [0.1, 0.15) is 44.7 Å². The number of nitrogens with zero attached hydrogens (tertiary/aromatic N) is 1. The molecule has 2 nitrogen and oxygen atoms in total. The van der Waals surface area contributed by atoms with Gasteiger partial charge in [0, 0.05) is 11.5 Å². The molecule has 0 fully saturated rings. The van der Waals surface area contributed by atoms with Gasteiger partial charge in [-0.3, -0.25) is 4.79 Å². The predicted molar refractivity (Wildman–Crippen MR) is 97.4 cm³/mol. The van der Waals surface area contributed by atoms with Crippen LogP contribution in [0, 0.1) is 24.0 Å². The first-order chi connectivity index (χ1) is 11.7. The number of benzene rings is 2. The van der Waals surface area contributed by atoms with Crippen LogP contribution in [0.3, 0.4) is 0 Å². The first-order valence-corrected chi connectivity index (χ1v) is 8.57. The van der Waals surface area contributed by atoms with Gasteiger partial charge in [0.25, 0.3) is 0 Å². The van der Waals surface area contributed by atoms with Crippen molar-refractivity contribution < 1.29 is 13.6 Å². The molecule has 2 aromatic rings. The quantitative estimate of drug-likeness (QED) is 0.664. The SMILES string of the molecule is CCCC(C)(C)C(=O)N(Cc1ccc(C)cc1)c1ccc(F)cc1F. The zero-order valence-electron chi connectivity index (χ0n) is 15.3. The molecule has 0 saturated heterocycles. The largest absolute Gasteiger partial charge is 0.305 e. The molecule has 134 valence electrons. The molecule has 2 rings (SSSR count). The fourth-order valence-electron chi connectivity index (χ4n) is 2.94. The second kappa shape index (κ2) is 7.77. The molecule has 1 amide bonds. The highest BCUT2D eigenvalue weighted by Gasteiger charge is 2.33. The summed E-state index contributed by atoms with van der Waals surface area (Å²) in [6, 6.07) is 11.1. The van der Waals surface area contributed by atoms with Crippen LogP contribution in [-0.4, -0.2) is 5.91 Å². The zero-order valence-corrected chi connectivity index (χ0v) is 15.3. The highest BCUT2D eigenvalue weighted by atomic mass is 19.1. The number of hydrogen-bond acceptors (Lipinski definition) is 1. The van der Waals surface area contributed by atoms with Gasteiger partial charge in [0.1, 0.15) is 11.6 Å². The van der Waals surface area contributed by atoms with E-state index in [4.69, 9.17) is 0 Å². The molecule has 0 aliphatic carbocycles. The van der Waals surface area contributed by atoms with Crippen LogP contribution in [0.4, 0.5) is 14.5 Å². The number of rotatable bonds is 6. The number of amides is 1. The van der Waals surface area contributed by atoms with E-state index >= 15 is 0 Å². The second-order valence-electron chi connectivity index (χ2n) is 7.11. The highest BCUT2D eigenvalue weighted by Crippen LogP contribution is 2.31. The van der Waals surface area contributed by atoms with E-state index in [1.165, 1.54) is 17.0 Å². The first-order valence-electron chi connectivity index (χ1n) is 8.57. The van der Waals surface area contributed by atoms with E-state index in [2.05, 4.69) is 0 Å². The fourth-order valence-corrected chi connectivity index (χ4v) is 2.94. The Bertz CT molecular complexity index is 738. The lowest BCUT2D eigenvalue weighted by atomic mass is 9.86. The smallest absolute Gasteiger partial charge is 0.233 e. The van der Waals surface area contributed by atoms with Crippen LogP contribution < -0.4 is 4.90 Å². The summed E-state index contributed by atoms with van der Waals surface area (Å²) in [5.41, 5.74) is 1.49. The molecular formula is C21H25F2NO. The Hall–Kier alpha value is -2.23. The van der Waals surface area contributed by atoms with Crippen molar-refractivity contribution >= 4 is 11.6 Å². The molecular weight excluding hydrogens is 320 g/mol. The van der Waals surface area contributed by atoms with Crippen LogP contribution in [-0.2, 0) is 11.3 Å². The maximum absolute atomic E-state index is 14.4. The standard InChI is InChI=1S/C21H25F2NO/c1-5-12-21(3,4)20(25)24(14-16-8-6-15(2)7-9-16)19-11-10-17(22)13-18(19)23/h6-11,13H,5,12,14H2,1-4H3. The minimum atomic E-state index is -0.729. The number of anilines is 1. The van der Waals surface area contributed by atoms with Crippen molar-refractivity contribution in [2.45, 2.75) is 47.1 Å². The molecule has 4 heteroatoms. The third-order valence-corrected chi connectivity index (χ3v) is 4.36. The van der Waals surface area contributed by atoms with Gasteiger partial charge in [-0.25, -0.2) is 8.78 Å². The Kier molecular flexibility index (Phi) is 5.93. The van der Waals surface area contributed by atoms with Gasteiger partial charge in [0.15, 0.2) is 0 Å². The topological polar surface area (TPSA) is 20.3 Å². The Labute approximate surface area is 148 Å². The van der Waals surface area contributed by atoms with Crippen LogP contribution in [0.25, 0.3) is 0 Å². The summed E-state index contributed by atoms with van der Waals surface area (Å²) in [5.74, 6) is -1.55. The number of carbonyl (C=O) groups is 1. The summed E-state index contributed by atoms with van der Waals surface area (Å²) in [7, 11) is 0. The molecule has 0 atom stereocenters. The summed E-state index contributed by atoms with van der Waals surface area (Å²) in [6.45, 7) is 7.97. The van der Waals surface area contributed by atoms with Crippen LogP contribution in [0.15, 0.2) is 42.5 Å². The van der Waals surface area contributed by atoms with Crippen molar-refractivity contribution in [1.82, 2.24) is 0 Å². The van der Waals surface area contributed by atoms with E-state index in [9.17, 15) is 13.6 Å². The van der Waals surface area contributed by atoms with Gasteiger partial charge in [-0.2, -0.15) is 0 Å². The second-order valence-corrected chi connectivity index (χ2v) is 7.11. The van der Waals surface area contributed by atoms with Crippen molar-refractivity contribution in [3.8, 4) is 0 Å².